The van der Waals surface area contributed by atoms with Crippen LogP contribution < -0.4 is 0 Å². The first-order chi connectivity index (χ1) is 17.0. The van der Waals surface area contributed by atoms with Crippen molar-refractivity contribution in [1.29, 1.82) is 5.41 Å². The number of hydrogen-bond acceptors (Lipinski definition) is 2. The molecule has 1 heterocycles. The fraction of sp³-hybridized carbons (Fsp3) is 0.750. The quantitative estimate of drug-likeness (QED) is 0.428. The largest absolute Gasteiger partial charge is 0.297 e. The number of carbonyl (C=O) groups excluding carboxylic acids is 1. The molecular weight excluding hydrogens is 428 g/mol. The fourth-order valence-corrected chi connectivity index (χ4v) is 9.54. The number of benzene rings is 1. The standard InChI is InChI=1S/C32H46N2O/c1-24(15-16-25-11-5-2-6-12-25)34-28(33)27-21-32(27)23-30(29(34)35,20-17-26-13-7-3-8-14-26)22-31(32)18-9-4-10-19-31/h2,5-6,11-12,24,26-27,33H,3-4,7-10,13-23H2,1H3/t24?,27?,30-,32-/m0/s1. The molecule has 3 heteroatoms. The van der Waals surface area contributed by atoms with E-state index in [4.69, 9.17) is 0 Å². The van der Waals surface area contributed by atoms with Crippen LogP contribution in [0.5, 0.6) is 0 Å². The number of amidine groups is 1. The highest BCUT2D eigenvalue weighted by atomic mass is 16.2. The van der Waals surface area contributed by atoms with Crippen LogP contribution in [0, 0.1) is 33.5 Å². The smallest absolute Gasteiger partial charge is 0.234 e. The monoisotopic (exact) mass is 474 g/mol. The molecule has 190 valence electrons. The summed E-state index contributed by atoms with van der Waals surface area (Å²) in [6, 6.07) is 10.8. The summed E-state index contributed by atoms with van der Waals surface area (Å²) >= 11 is 0. The maximum atomic E-state index is 14.6. The zero-order valence-electron chi connectivity index (χ0n) is 22.0. The summed E-state index contributed by atoms with van der Waals surface area (Å²) in [5.41, 5.74) is 1.75. The summed E-state index contributed by atoms with van der Waals surface area (Å²) in [6.45, 7) is 2.22. The second-order valence-corrected chi connectivity index (χ2v) is 13.4. The van der Waals surface area contributed by atoms with Crippen molar-refractivity contribution in [1.82, 2.24) is 4.90 Å². The minimum absolute atomic E-state index is 0.112. The van der Waals surface area contributed by atoms with E-state index in [1.54, 1.807) is 0 Å². The van der Waals surface area contributed by atoms with Gasteiger partial charge in [-0.2, -0.15) is 0 Å². The molecule has 1 N–H and O–H groups in total. The summed E-state index contributed by atoms with van der Waals surface area (Å²) in [6.07, 6.45) is 21.3. The number of aryl methyl sites for hydroxylation is 1. The SMILES string of the molecule is CC(CCc1ccccc1)N1C(=N)C2C[C@]23C[C@](CCC2CCCCC2)(CC32CCCCC2)C1=O. The second kappa shape index (κ2) is 9.03. The highest BCUT2D eigenvalue weighted by Gasteiger charge is 2.78. The summed E-state index contributed by atoms with van der Waals surface area (Å²) in [5.74, 6) is 2.21. The molecule has 0 aromatic heterocycles. The molecule has 4 atom stereocenters. The van der Waals surface area contributed by atoms with Crippen LogP contribution in [0.2, 0.25) is 0 Å². The van der Waals surface area contributed by atoms with Crippen molar-refractivity contribution in [2.75, 3.05) is 0 Å². The summed E-state index contributed by atoms with van der Waals surface area (Å²) in [4.78, 5) is 16.7. The van der Waals surface area contributed by atoms with E-state index in [1.165, 1.54) is 82.6 Å². The van der Waals surface area contributed by atoms with Gasteiger partial charge in [-0.3, -0.25) is 15.1 Å². The van der Waals surface area contributed by atoms with E-state index in [9.17, 15) is 10.2 Å². The molecule has 1 aromatic carbocycles. The van der Waals surface area contributed by atoms with Gasteiger partial charge in [0, 0.05) is 12.0 Å². The van der Waals surface area contributed by atoms with Gasteiger partial charge in [0.25, 0.3) is 0 Å². The number of nitrogens with zero attached hydrogens (tertiary/aromatic N) is 1. The normalized spacial score (nSPS) is 35.1. The first-order valence-electron chi connectivity index (χ1n) is 14.9. The van der Waals surface area contributed by atoms with Crippen LogP contribution in [0.4, 0.5) is 0 Å². The van der Waals surface area contributed by atoms with Crippen molar-refractivity contribution in [3.63, 3.8) is 0 Å². The molecule has 2 bridgehead atoms. The predicted molar refractivity (Wildman–Crippen MR) is 142 cm³/mol. The number of likely N-dealkylation sites (tertiary alicyclic amines) is 1. The Morgan fingerprint density at radius 2 is 1.71 bits per heavy atom. The van der Waals surface area contributed by atoms with Crippen LogP contribution in [-0.2, 0) is 11.2 Å². The fourth-order valence-electron chi connectivity index (χ4n) is 9.54. The van der Waals surface area contributed by atoms with Crippen molar-refractivity contribution in [2.24, 2.45) is 28.1 Å². The minimum Gasteiger partial charge on any atom is -0.297 e. The van der Waals surface area contributed by atoms with Gasteiger partial charge in [0.1, 0.15) is 5.84 Å². The van der Waals surface area contributed by atoms with Gasteiger partial charge in [-0.25, -0.2) is 0 Å². The van der Waals surface area contributed by atoms with E-state index in [2.05, 4.69) is 37.3 Å². The average Bonchev–Trinajstić information content (AvgIpc) is 3.57. The Labute approximate surface area is 212 Å². The van der Waals surface area contributed by atoms with Crippen LogP contribution in [0.3, 0.4) is 0 Å². The molecule has 35 heavy (non-hydrogen) atoms. The predicted octanol–water partition coefficient (Wildman–Crippen LogP) is 7.92. The molecule has 2 spiro atoms. The molecule has 4 aliphatic carbocycles. The van der Waals surface area contributed by atoms with Gasteiger partial charge in [-0.05, 0) is 87.0 Å². The van der Waals surface area contributed by atoms with Gasteiger partial charge in [-0.1, -0.05) is 81.7 Å². The molecule has 0 radical (unpaired) electrons. The third-order valence-corrected chi connectivity index (χ3v) is 11.4. The van der Waals surface area contributed by atoms with E-state index in [1.807, 2.05) is 4.90 Å². The molecule has 1 aliphatic heterocycles. The number of nitrogens with one attached hydrogen (secondary N) is 1. The lowest BCUT2D eigenvalue weighted by molar-refractivity contribution is -0.141. The maximum absolute atomic E-state index is 14.6. The topological polar surface area (TPSA) is 44.2 Å². The molecule has 5 aliphatic rings. The first-order valence-corrected chi connectivity index (χ1v) is 14.9. The van der Waals surface area contributed by atoms with E-state index in [0.29, 0.717) is 23.1 Å². The van der Waals surface area contributed by atoms with E-state index >= 15 is 0 Å². The van der Waals surface area contributed by atoms with Gasteiger partial charge in [0.05, 0.1) is 5.41 Å². The molecule has 1 aromatic rings. The number of fused-ring (bicyclic) bond motifs is 1. The van der Waals surface area contributed by atoms with E-state index in [0.717, 1.165) is 38.0 Å². The van der Waals surface area contributed by atoms with Crippen LogP contribution in [0.15, 0.2) is 30.3 Å². The Morgan fingerprint density at radius 3 is 2.46 bits per heavy atom. The van der Waals surface area contributed by atoms with Gasteiger partial charge in [0.2, 0.25) is 5.91 Å². The van der Waals surface area contributed by atoms with Gasteiger partial charge in [-0.15, -0.1) is 0 Å². The van der Waals surface area contributed by atoms with Gasteiger partial charge >= 0.3 is 0 Å². The summed E-state index contributed by atoms with van der Waals surface area (Å²) < 4.78 is 0. The number of amides is 1. The molecule has 5 fully saturated rings. The number of rotatable bonds is 7. The third kappa shape index (κ3) is 3.91. The highest BCUT2D eigenvalue weighted by molar-refractivity contribution is 6.04. The second-order valence-electron chi connectivity index (χ2n) is 13.4. The molecule has 2 unspecified atom stereocenters. The zero-order chi connectivity index (χ0) is 24.1. The van der Waals surface area contributed by atoms with Crippen molar-refractivity contribution >= 4 is 11.7 Å². The van der Waals surface area contributed by atoms with Crippen molar-refractivity contribution in [2.45, 2.75) is 122 Å². The van der Waals surface area contributed by atoms with Crippen molar-refractivity contribution in [3.05, 3.63) is 35.9 Å². The molecule has 6 rings (SSSR count). The van der Waals surface area contributed by atoms with Crippen molar-refractivity contribution in [3.8, 4) is 0 Å². The first kappa shape index (κ1) is 23.7. The number of hydrogen-bond donors (Lipinski definition) is 1. The zero-order valence-corrected chi connectivity index (χ0v) is 22.0. The lowest BCUT2D eigenvalue weighted by atomic mass is 9.63. The van der Waals surface area contributed by atoms with Crippen LogP contribution >= 0.6 is 0 Å². The lowest BCUT2D eigenvalue weighted by Gasteiger charge is -2.44. The van der Waals surface area contributed by atoms with Crippen LogP contribution in [0.25, 0.3) is 0 Å². The third-order valence-electron chi connectivity index (χ3n) is 11.4. The highest BCUT2D eigenvalue weighted by Crippen LogP contribution is 2.81. The summed E-state index contributed by atoms with van der Waals surface area (Å²) in [5, 5.41) is 9.35. The Morgan fingerprint density at radius 1 is 1.00 bits per heavy atom. The minimum atomic E-state index is -0.201. The molecular formula is C32H46N2O. The number of carbonyl (C=O) groups is 1. The van der Waals surface area contributed by atoms with Gasteiger partial charge < -0.3 is 0 Å². The Bertz CT molecular complexity index is 944. The van der Waals surface area contributed by atoms with Gasteiger partial charge in [0.15, 0.2) is 0 Å². The Kier molecular flexibility index (Phi) is 6.13. The van der Waals surface area contributed by atoms with Crippen LogP contribution in [0.1, 0.15) is 115 Å². The maximum Gasteiger partial charge on any atom is 0.234 e. The average molecular weight is 475 g/mol. The Balaban J connectivity index is 1.28. The van der Waals surface area contributed by atoms with Crippen molar-refractivity contribution < 1.29 is 4.79 Å². The van der Waals surface area contributed by atoms with E-state index < -0.39 is 0 Å². The molecule has 3 nitrogen and oxygen atoms in total. The molecule has 4 saturated carbocycles. The Hall–Kier alpha value is -1.64. The summed E-state index contributed by atoms with van der Waals surface area (Å²) in [7, 11) is 0. The lowest BCUT2D eigenvalue weighted by Crippen LogP contribution is -2.51. The van der Waals surface area contributed by atoms with Crippen LogP contribution in [-0.4, -0.2) is 22.7 Å². The van der Waals surface area contributed by atoms with E-state index in [-0.39, 0.29) is 16.9 Å². The molecule has 1 saturated heterocycles. The molecule has 1 amide bonds.